The van der Waals surface area contributed by atoms with Crippen molar-refractivity contribution < 1.29 is 4.79 Å². The number of aryl methyl sites for hydroxylation is 1. The van der Waals surface area contributed by atoms with Crippen LogP contribution < -0.4 is 15.5 Å². The van der Waals surface area contributed by atoms with E-state index in [0.717, 1.165) is 17.1 Å². The summed E-state index contributed by atoms with van der Waals surface area (Å²) in [5.41, 5.74) is 0.875. The average Bonchev–Trinajstić information content (AvgIpc) is 2.54. The number of carbonyl (C=O) groups is 1. The van der Waals surface area contributed by atoms with Crippen LogP contribution in [-0.2, 0) is 11.3 Å². The van der Waals surface area contributed by atoms with Crippen LogP contribution in [-0.4, -0.2) is 29.6 Å². The summed E-state index contributed by atoms with van der Waals surface area (Å²) in [6.07, 6.45) is 0. The van der Waals surface area contributed by atoms with Crippen molar-refractivity contribution in [2.24, 2.45) is 0 Å². The molecule has 1 atom stereocenters. The fourth-order valence-corrected chi connectivity index (χ4v) is 2.49. The fourth-order valence-electron chi connectivity index (χ4n) is 1.66. The first-order valence-electron chi connectivity index (χ1n) is 6.12. The maximum Gasteiger partial charge on any atom is 0.308 e. The summed E-state index contributed by atoms with van der Waals surface area (Å²) >= 11 is 1.19. The molecule has 1 heterocycles. The van der Waals surface area contributed by atoms with Gasteiger partial charge in [0.2, 0.25) is 5.91 Å². The van der Waals surface area contributed by atoms with Crippen LogP contribution in [0.2, 0.25) is 0 Å². The minimum absolute atomic E-state index is 0. The van der Waals surface area contributed by atoms with Gasteiger partial charge in [0, 0.05) is 23.2 Å². The standard InChI is InChI=1S/C12H21N3O2S.ClH/c1-5-13-8(2)6-14-11(16)7-15-9(3)10(4)18-12(15)17;/h8,13H,5-7H2,1-4H3,(H,14,16);1H/t8-;/m1./s1. The zero-order valence-corrected chi connectivity index (χ0v) is 13.4. The highest BCUT2D eigenvalue weighted by atomic mass is 35.5. The van der Waals surface area contributed by atoms with Crippen LogP contribution >= 0.6 is 23.7 Å². The van der Waals surface area contributed by atoms with Gasteiger partial charge in [-0.15, -0.1) is 12.4 Å². The molecule has 0 saturated carbocycles. The third-order valence-corrected chi connectivity index (χ3v) is 3.83. The Labute approximate surface area is 123 Å². The fraction of sp³-hybridized carbons (Fsp3) is 0.667. The number of nitrogens with zero attached hydrogens (tertiary/aromatic N) is 1. The first-order valence-corrected chi connectivity index (χ1v) is 6.94. The lowest BCUT2D eigenvalue weighted by Crippen LogP contribution is -2.40. The van der Waals surface area contributed by atoms with Crippen LogP contribution in [0.25, 0.3) is 0 Å². The largest absolute Gasteiger partial charge is 0.353 e. The van der Waals surface area contributed by atoms with Crippen molar-refractivity contribution in [2.75, 3.05) is 13.1 Å². The highest BCUT2D eigenvalue weighted by Crippen LogP contribution is 2.08. The molecule has 19 heavy (non-hydrogen) atoms. The van der Waals surface area contributed by atoms with Crippen LogP contribution in [0.15, 0.2) is 4.79 Å². The Balaban J connectivity index is 0.00000324. The number of nitrogens with one attached hydrogen (secondary N) is 2. The number of amides is 1. The van der Waals surface area contributed by atoms with Crippen molar-refractivity contribution >= 4 is 29.7 Å². The number of rotatable bonds is 6. The van der Waals surface area contributed by atoms with Crippen LogP contribution in [0, 0.1) is 13.8 Å². The zero-order valence-electron chi connectivity index (χ0n) is 11.8. The molecular formula is C12H22ClN3O2S. The molecule has 0 saturated heterocycles. The van der Waals surface area contributed by atoms with E-state index in [4.69, 9.17) is 0 Å². The van der Waals surface area contributed by atoms with Gasteiger partial charge >= 0.3 is 4.87 Å². The van der Waals surface area contributed by atoms with Crippen molar-refractivity contribution in [1.29, 1.82) is 0 Å². The molecule has 5 nitrogen and oxygen atoms in total. The highest BCUT2D eigenvalue weighted by molar-refractivity contribution is 7.09. The first-order chi connectivity index (χ1) is 8.45. The minimum atomic E-state index is -0.122. The number of aromatic nitrogens is 1. The van der Waals surface area contributed by atoms with E-state index in [9.17, 15) is 9.59 Å². The Kier molecular flexibility index (Phi) is 7.97. The van der Waals surface area contributed by atoms with Crippen molar-refractivity contribution in [1.82, 2.24) is 15.2 Å². The smallest absolute Gasteiger partial charge is 0.308 e. The van der Waals surface area contributed by atoms with Gasteiger partial charge in [-0.2, -0.15) is 0 Å². The lowest BCUT2D eigenvalue weighted by Gasteiger charge is -2.13. The zero-order chi connectivity index (χ0) is 13.7. The van der Waals surface area contributed by atoms with Gasteiger partial charge in [0.15, 0.2) is 0 Å². The Morgan fingerprint density at radius 3 is 2.53 bits per heavy atom. The SMILES string of the molecule is CCN[C@H](C)CNC(=O)Cn1c(C)c(C)sc1=O.Cl. The molecule has 0 aliphatic rings. The van der Waals surface area contributed by atoms with Gasteiger partial charge < -0.3 is 10.6 Å². The van der Waals surface area contributed by atoms with E-state index < -0.39 is 0 Å². The lowest BCUT2D eigenvalue weighted by molar-refractivity contribution is -0.121. The van der Waals surface area contributed by atoms with Gasteiger partial charge in [-0.05, 0) is 27.3 Å². The minimum Gasteiger partial charge on any atom is -0.353 e. The molecule has 0 spiro atoms. The van der Waals surface area contributed by atoms with Gasteiger partial charge in [-0.3, -0.25) is 14.2 Å². The summed E-state index contributed by atoms with van der Waals surface area (Å²) in [6.45, 7) is 9.34. The molecule has 0 unspecified atom stereocenters. The van der Waals surface area contributed by atoms with Gasteiger partial charge in [0.05, 0.1) is 0 Å². The summed E-state index contributed by atoms with van der Waals surface area (Å²) in [5, 5.41) is 6.03. The molecule has 1 aromatic rings. The highest BCUT2D eigenvalue weighted by Gasteiger charge is 2.11. The van der Waals surface area contributed by atoms with Crippen LogP contribution in [0.4, 0.5) is 0 Å². The molecule has 0 aliphatic carbocycles. The van der Waals surface area contributed by atoms with E-state index in [1.165, 1.54) is 15.9 Å². The van der Waals surface area contributed by atoms with Crippen LogP contribution in [0.5, 0.6) is 0 Å². The molecule has 0 aromatic carbocycles. The average molecular weight is 308 g/mol. The number of carbonyl (C=O) groups excluding carboxylic acids is 1. The second-order valence-corrected chi connectivity index (χ2v) is 5.52. The number of likely N-dealkylation sites (N-methyl/N-ethyl adjacent to an activating group) is 1. The third-order valence-electron chi connectivity index (χ3n) is 2.83. The van der Waals surface area contributed by atoms with Gasteiger partial charge in [0.1, 0.15) is 6.54 Å². The maximum atomic E-state index is 11.7. The molecule has 1 aromatic heterocycles. The number of hydrogen-bond donors (Lipinski definition) is 2. The molecular weight excluding hydrogens is 286 g/mol. The Morgan fingerprint density at radius 1 is 1.42 bits per heavy atom. The molecule has 2 N–H and O–H groups in total. The van der Waals surface area contributed by atoms with E-state index in [0.29, 0.717) is 6.54 Å². The molecule has 1 amide bonds. The van der Waals surface area contributed by atoms with Crippen molar-refractivity contribution in [3.8, 4) is 0 Å². The molecule has 1 rings (SSSR count). The summed E-state index contributed by atoms with van der Waals surface area (Å²) in [5.74, 6) is -0.122. The van der Waals surface area contributed by atoms with E-state index in [-0.39, 0.29) is 35.8 Å². The van der Waals surface area contributed by atoms with Crippen LogP contribution in [0.3, 0.4) is 0 Å². The number of thiazole rings is 1. The van der Waals surface area contributed by atoms with E-state index in [2.05, 4.69) is 10.6 Å². The summed E-state index contributed by atoms with van der Waals surface area (Å²) in [6, 6.07) is 0.237. The Hall–Kier alpha value is -0.850. The summed E-state index contributed by atoms with van der Waals surface area (Å²) in [4.78, 5) is 24.3. The normalized spacial score (nSPS) is 11.8. The van der Waals surface area contributed by atoms with Gasteiger partial charge in [-0.1, -0.05) is 18.3 Å². The third kappa shape index (κ3) is 5.34. The van der Waals surface area contributed by atoms with Crippen molar-refractivity contribution in [2.45, 2.75) is 40.3 Å². The second-order valence-electron chi connectivity index (χ2n) is 4.36. The predicted octanol–water partition coefficient (Wildman–Crippen LogP) is 1.06. The van der Waals surface area contributed by atoms with Gasteiger partial charge in [0.25, 0.3) is 0 Å². The molecule has 0 fully saturated rings. The van der Waals surface area contributed by atoms with Crippen molar-refractivity contribution in [3.63, 3.8) is 0 Å². The molecule has 7 heteroatoms. The van der Waals surface area contributed by atoms with Crippen LogP contribution in [0.1, 0.15) is 24.4 Å². The Bertz CT molecular complexity index is 470. The lowest BCUT2D eigenvalue weighted by atomic mass is 10.3. The molecule has 0 radical (unpaired) electrons. The Morgan fingerprint density at radius 2 is 2.05 bits per heavy atom. The van der Waals surface area contributed by atoms with Gasteiger partial charge in [-0.25, -0.2) is 0 Å². The quantitative estimate of drug-likeness (QED) is 0.826. The summed E-state index contributed by atoms with van der Waals surface area (Å²) < 4.78 is 1.52. The molecule has 110 valence electrons. The first kappa shape index (κ1) is 18.1. The number of halogens is 1. The van der Waals surface area contributed by atoms with Crippen molar-refractivity contribution in [3.05, 3.63) is 20.2 Å². The monoisotopic (exact) mass is 307 g/mol. The van der Waals surface area contributed by atoms with E-state index in [1.54, 1.807) is 0 Å². The molecule has 0 aliphatic heterocycles. The van der Waals surface area contributed by atoms with E-state index in [1.807, 2.05) is 27.7 Å². The topological polar surface area (TPSA) is 63.1 Å². The van der Waals surface area contributed by atoms with E-state index >= 15 is 0 Å². The maximum absolute atomic E-state index is 11.7. The number of hydrogen-bond acceptors (Lipinski definition) is 4. The summed E-state index contributed by atoms with van der Waals surface area (Å²) in [7, 11) is 0. The molecule has 0 bridgehead atoms. The predicted molar refractivity (Wildman–Crippen MR) is 81.4 cm³/mol. The second kappa shape index (κ2) is 8.35.